The van der Waals surface area contributed by atoms with Crippen molar-refractivity contribution in [3.8, 4) is 77.6 Å². The lowest BCUT2D eigenvalue weighted by molar-refractivity contribution is 0.414. The molecule has 324 valence electrons. The van der Waals surface area contributed by atoms with E-state index in [1.165, 1.54) is 53.9 Å². The molecule has 0 atom stereocenters. The smallest absolute Gasteiger partial charge is 0.118 e. The molecule has 3 nitrogen and oxygen atoms in total. The van der Waals surface area contributed by atoms with Crippen molar-refractivity contribution in [1.29, 1.82) is 0 Å². The van der Waals surface area contributed by atoms with Crippen LogP contribution in [0.25, 0.3) is 98.4 Å². The Hall–Kier alpha value is -8.44. The Balaban J connectivity index is 1.17. The van der Waals surface area contributed by atoms with Crippen molar-refractivity contribution in [3.05, 3.63) is 236 Å². The van der Waals surface area contributed by atoms with Crippen molar-refractivity contribution in [3.63, 3.8) is 0 Å². The van der Waals surface area contributed by atoms with E-state index in [2.05, 4.69) is 241 Å². The second kappa shape index (κ2) is 17.4. The summed E-state index contributed by atoms with van der Waals surface area (Å²) in [7, 11) is 3.45. The quantitative estimate of drug-likeness (QED) is 0.121. The highest BCUT2D eigenvalue weighted by molar-refractivity contribution is 7.13. The number of hydrogen-bond acceptors (Lipinski definition) is 4. The standard InChI is InChI=1S/C64H45NO2S/c1-66-52-35-27-48(28-36-52)60-59(42-14-6-3-7-15-42)63(64(56-22-13-41-68-56)62(43-16-8-4-9-17-43)61(60)49-29-37-53(67-2)38-30-49)47-25-33-51(34-26-47)65(50-20-10-5-11-21-50)55-40-32-46-24-23-44-18-12-19-45-31-39-54(55)58(46)57(44)45/h3-41H,1-2H3. The van der Waals surface area contributed by atoms with Gasteiger partial charge in [0.05, 0.1) is 19.9 Å². The van der Waals surface area contributed by atoms with Gasteiger partial charge in [0.2, 0.25) is 0 Å². The Morgan fingerprint density at radius 3 is 1.25 bits per heavy atom. The molecule has 0 aliphatic heterocycles. The number of benzene rings is 11. The van der Waals surface area contributed by atoms with Gasteiger partial charge < -0.3 is 14.4 Å². The van der Waals surface area contributed by atoms with Crippen LogP contribution in [0.15, 0.2) is 236 Å². The van der Waals surface area contributed by atoms with Crippen LogP contribution in [0.5, 0.6) is 11.5 Å². The zero-order valence-corrected chi connectivity index (χ0v) is 38.5. The molecular formula is C64H45NO2S. The molecule has 0 fully saturated rings. The summed E-state index contributed by atoms with van der Waals surface area (Å²) in [6.07, 6.45) is 0. The van der Waals surface area contributed by atoms with Gasteiger partial charge in [-0.3, -0.25) is 0 Å². The molecule has 0 spiro atoms. The number of thiophene rings is 1. The monoisotopic (exact) mass is 891 g/mol. The Labute approximate surface area is 400 Å². The molecule has 4 heteroatoms. The van der Waals surface area contributed by atoms with Gasteiger partial charge in [-0.05, 0) is 149 Å². The van der Waals surface area contributed by atoms with E-state index < -0.39 is 0 Å². The lowest BCUT2D eigenvalue weighted by Crippen LogP contribution is -2.10. The van der Waals surface area contributed by atoms with E-state index in [4.69, 9.17) is 9.47 Å². The lowest BCUT2D eigenvalue weighted by atomic mass is 9.75. The molecule has 0 N–H and O–H groups in total. The lowest BCUT2D eigenvalue weighted by Gasteiger charge is -2.29. The van der Waals surface area contributed by atoms with Crippen LogP contribution in [0.2, 0.25) is 0 Å². The molecule has 0 aliphatic rings. The van der Waals surface area contributed by atoms with E-state index in [1.807, 2.05) is 0 Å². The Kier molecular flexibility index (Phi) is 10.5. The highest BCUT2D eigenvalue weighted by Gasteiger charge is 2.30. The molecule has 68 heavy (non-hydrogen) atoms. The van der Waals surface area contributed by atoms with Gasteiger partial charge in [-0.15, -0.1) is 11.3 Å². The van der Waals surface area contributed by atoms with Crippen LogP contribution in [0, 0.1) is 0 Å². The van der Waals surface area contributed by atoms with Crippen molar-refractivity contribution in [2.24, 2.45) is 0 Å². The number of ether oxygens (including phenoxy) is 2. The molecule has 12 aromatic rings. The number of rotatable bonds is 11. The first kappa shape index (κ1) is 41.0. The van der Waals surface area contributed by atoms with Crippen LogP contribution in [-0.2, 0) is 0 Å². The molecule has 11 aromatic carbocycles. The highest BCUT2D eigenvalue weighted by atomic mass is 32.1. The van der Waals surface area contributed by atoms with E-state index >= 15 is 0 Å². The zero-order chi connectivity index (χ0) is 45.6. The van der Waals surface area contributed by atoms with Crippen molar-refractivity contribution in [2.75, 3.05) is 19.1 Å². The van der Waals surface area contributed by atoms with E-state index in [1.54, 1.807) is 25.6 Å². The fourth-order valence-electron chi connectivity index (χ4n) is 10.3. The first-order valence-corrected chi connectivity index (χ1v) is 23.8. The molecule has 0 bridgehead atoms. The number of hydrogen-bond donors (Lipinski definition) is 0. The molecule has 1 aromatic heterocycles. The minimum absolute atomic E-state index is 0.808. The SMILES string of the molecule is COc1ccc(-c2c(-c3ccc(OC)cc3)c(-c3ccccc3)c(-c3cccs3)c(-c3ccc(N(c4ccccc4)c4ccc5ccc6cccc7ccc4c5c67)cc3)c2-c2ccccc2)cc1. The summed E-state index contributed by atoms with van der Waals surface area (Å²) in [5.74, 6) is 1.62. The van der Waals surface area contributed by atoms with Crippen LogP contribution < -0.4 is 14.4 Å². The molecule has 0 saturated carbocycles. The summed E-state index contributed by atoms with van der Waals surface area (Å²) in [5, 5.41) is 9.76. The average molecular weight is 892 g/mol. The van der Waals surface area contributed by atoms with Gasteiger partial charge >= 0.3 is 0 Å². The molecule has 0 saturated heterocycles. The Morgan fingerprint density at radius 2 is 0.750 bits per heavy atom. The molecule has 1 heterocycles. The summed E-state index contributed by atoms with van der Waals surface area (Å²) in [6, 6.07) is 83.6. The zero-order valence-electron chi connectivity index (χ0n) is 37.7. The first-order valence-electron chi connectivity index (χ1n) is 23.0. The molecule has 0 aliphatic carbocycles. The second-order valence-electron chi connectivity index (χ2n) is 17.1. The number of anilines is 3. The summed E-state index contributed by atoms with van der Waals surface area (Å²) < 4.78 is 11.5. The van der Waals surface area contributed by atoms with Crippen LogP contribution in [-0.4, -0.2) is 14.2 Å². The average Bonchev–Trinajstić information content (AvgIpc) is 3.96. The summed E-state index contributed by atoms with van der Waals surface area (Å²) in [5.41, 5.74) is 15.8. The Bertz CT molecular complexity index is 3690. The maximum Gasteiger partial charge on any atom is 0.118 e. The Morgan fingerprint density at radius 1 is 0.324 bits per heavy atom. The first-order chi connectivity index (χ1) is 33.7. The van der Waals surface area contributed by atoms with Gasteiger partial charge in [-0.1, -0.05) is 170 Å². The van der Waals surface area contributed by atoms with Gasteiger partial charge in [0.25, 0.3) is 0 Å². The summed E-state index contributed by atoms with van der Waals surface area (Å²) in [6.45, 7) is 0. The van der Waals surface area contributed by atoms with Crippen LogP contribution in [0.3, 0.4) is 0 Å². The van der Waals surface area contributed by atoms with Gasteiger partial charge in [0.15, 0.2) is 0 Å². The predicted octanol–water partition coefficient (Wildman–Crippen LogP) is 18.1. The fraction of sp³-hybridized carbons (Fsp3) is 0.0312. The highest BCUT2D eigenvalue weighted by Crippen LogP contribution is 2.57. The van der Waals surface area contributed by atoms with E-state index in [-0.39, 0.29) is 0 Å². The molecule has 0 amide bonds. The van der Waals surface area contributed by atoms with Gasteiger partial charge in [-0.2, -0.15) is 0 Å². The fourth-order valence-corrected chi connectivity index (χ4v) is 11.1. The maximum absolute atomic E-state index is 5.75. The van der Waals surface area contributed by atoms with Crippen molar-refractivity contribution in [1.82, 2.24) is 0 Å². The van der Waals surface area contributed by atoms with Gasteiger partial charge in [0.1, 0.15) is 11.5 Å². The minimum Gasteiger partial charge on any atom is -0.497 e. The van der Waals surface area contributed by atoms with Crippen LogP contribution in [0.4, 0.5) is 17.1 Å². The summed E-state index contributed by atoms with van der Waals surface area (Å²) >= 11 is 1.78. The van der Waals surface area contributed by atoms with Crippen molar-refractivity contribution < 1.29 is 9.47 Å². The van der Waals surface area contributed by atoms with Crippen molar-refractivity contribution >= 4 is 60.7 Å². The van der Waals surface area contributed by atoms with Crippen LogP contribution >= 0.6 is 11.3 Å². The molecule has 0 unspecified atom stereocenters. The summed E-state index contributed by atoms with van der Waals surface area (Å²) in [4.78, 5) is 3.61. The van der Waals surface area contributed by atoms with E-state index in [9.17, 15) is 0 Å². The molecular weight excluding hydrogens is 847 g/mol. The largest absolute Gasteiger partial charge is 0.497 e. The predicted molar refractivity (Wildman–Crippen MR) is 288 cm³/mol. The third-order valence-corrected chi connectivity index (χ3v) is 14.2. The number of para-hydroxylation sites is 1. The van der Waals surface area contributed by atoms with Gasteiger partial charge in [0, 0.05) is 27.2 Å². The van der Waals surface area contributed by atoms with Gasteiger partial charge in [-0.25, -0.2) is 0 Å². The van der Waals surface area contributed by atoms with E-state index in [0.29, 0.717) is 0 Å². The minimum atomic E-state index is 0.808. The number of nitrogens with zero attached hydrogens (tertiary/aromatic N) is 1. The third-order valence-electron chi connectivity index (χ3n) is 13.3. The number of methoxy groups -OCH3 is 2. The topological polar surface area (TPSA) is 21.7 Å². The van der Waals surface area contributed by atoms with Crippen LogP contribution in [0.1, 0.15) is 0 Å². The maximum atomic E-state index is 5.75. The normalized spacial score (nSPS) is 11.4. The van der Waals surface area contributed by atoms with Crippen molar-refractivity contribution in [2.45, 2.75) is 0 Å². The molecule has 0 radical (unpaired) electrons. The second-order valence-corrected chi connectivity index (χ2v) is 18.0. The third kappa shape index (κ3) is 7.05. The van der Waals surface area contributed by atoms with E-state index in [0.717, 1.165) is 73.1 Å². The molecule has 12 rings (SSSR count).